The van der Waals surface area contributed by atoms with Crippen LogP contribution in [0.1, 0.15) is 47.0 Å². The van der Waals surface area contributed by atoms with Crippen molar-refractivity contribution in [3.63, 3.8) is 0 Å². The topological polar surface area (TPSA) is 38.3 Å². The van der Waals surface area contributed by atoms with Crippen LogP contribution < -0.4 is 5.32 Å². The smallest absolute Gasteiger partial charge is 0.326 e. The fourth-order valence-electron chi connectivity index (χ4n) is 3.74. The molecule has 3 nitrogen and oxygen atoms in total. The van der Waals surface area contributed by atoms with Crippen molar-refractivity contribution in [3.8, 4) is 0 Å². The molecule has 0 amide bonds. The van der Waals surface area contributed by atoms with Gasteiger partial charge in [-0.3, -0.25) is 4.79 Å². The summed E-state index contributed by atoms with van der Waals surface area (Å²) in [6.45, 7) is 8.90. The molecule has 1 rings (SSSR count). The minimum Gasteiger partial charge on any atom is -0.468 e. The van der Waals surface area contributed by atoms with E-state index in [2.05, 4.69) is 33.0 Å². The summed E-state index contributed by atoms with van der Waals surface area (Å²) >= 11 is 0. The van der Waals surface area contributed by atoms with Gasteiger partial charge in [0.1, 0.15) is 5.54 Å². The van der Waals surface area contributed by atoms with Gasteiger partial charge >= 0.3 is 5.97 Å². The molecule has 0 spiro atoms. The normalized spacial score (nSPS) is 26.1. The molecule has 1 N–H and O–H groups in total. The lowest BCUT2D eigenvalue weighted by atomic mass is 9.58. The minimum absolute atomic E-state index is 0.129. The zero-order valence-electron chi connectivity index (χ0n) is 11.4. The number of ether oxygens (including phenoxy) is 1. The predicted molar refractivity (Wildman–Crippen MR) is 65.2 cm³/mol. The number of carbonyl (C=O) groups excluding carboxylic acids is 1. The van der Waals surface area contributed by atoms with Gasteiger partial charge in [0.25, 0.3) is 0 Å². The maximum atomic E-state index is 12.0. The van der Waals surface area contributed by atoms with Crippen molar-refractivity contribution in [2.75, 3.05) is 14.2 Å². The molecular weight excluding hydrogens is 202 g/mol. The summed E-state index contributed by atoms with van der Waals surface area (Å²) in [6, 6.07) is 0. The predicted octanol–water partition coefficient (Wildman–Crippen LogP) is 2.35. The average Bonchev–Trinajstić information content (AvgIpc) is 2.11. The Morgan fingerprint density at radius 2 is 1.50 bits per heavy atom. The molecular formula is C13H25NO2. The van der Waals surface area contributed by atoms with Gasteiger partial charge in [-0.2, -0.15) is 0 Å². The zero-order chi connectivity index (χ0) is 12.6. The number of esters is 1. The van der Waals surface area contributed by atoms with Gasteiger partial charge in [-0.1, -0.05) is 27.7 Å². The summed E-state index contributed by atoms with van der Waals surface area (Å²) in [5, 5.41) is 3.20. The third-order valence-electron chi connectivity index (χ3n) is 3.57. The lowest BCUT2D eigenvalue weighted by Gasteiger charge is -2.50. The van der Waals surface area contributed by atoms with E-state index in [9.17, 15) is 4.79 Å². The molecule has 0 unspecified atom stereocenters. The number of nitrogens with one attached hydrogen (secondary N) is 1. The quantitative estimate of drug-likeness (QED) is 0.736. The molecule has 0 radical (unpaired) electrons. The summed E-state index contributed by atoms with van der Waals surface area (Å²) in [4.78, 5) is 12.0. The number of likely N-dealkylation sites (N-methyl/N-ethyl adjacent to an activating group) is 1. The highest BCUT2D eigenvalue weighted by Gasteiger charge is 2.51. The average molecular weight is 227 g/mol. The fourth-order valence-corrected chi connectivity index (χ4v) is 3.74. The number of methoxy groups -OCH3 is 1. The molecule has 0 aromatic rings. The fraction of sp³-hybridized carbons (Fsp3) is 0.923. The molecule has 1 aliphatic carbocycles. The Bertz CT molecular complexity index is 266. The van der Waals surface area contributed by atoms with E-state index in [1.165, 1.54) is 7.11 Å². The summed E-state index contributed by atoms with van der Waals surface area (Å²) in [5.41, 5.74) is -0.183. The van der Waals surface area contributed by atoms with Gasteiger partial charge in [-0.25, -0.2) is 0 Å². The first kappa shape index (κ1) is 13.5. The van der Waals surface area contributed by atoms with E-state index < -0.39 is 5.54 Å². The first-order valence-electron chi connectivity index (χ1n) is 5.94. The van der Waals surface area contributed by atoms with Crippen molar-refractivity contribution >= 4 is 5.97 Å². The van der Waals surface area contributed by atoms with Crippen molar-refractivity contribution in [3.05, 3.63) is 0 Å². The molecule has 0 aromatic heterocycles. The number of rotatable bonds is 2. The molecule has 0 heterocycles. The summed E-state index contributed by atoms with van der Waals surface area (Å²) in [5.74, 6) is -0.129. The van der Waals surface area contributed by atoms with E-state index in [0.717, 1.165) is 19.3 Å². The van der Waals surface area contributed by atoms with Gasteiger partial charge in [-0.15, -0.1) is 0 Å². The standard InChI is InChI=1S/C13H25NO2/c1-11(2)7-12(3,4)9-13(8-11,14-5)10(15)16-6/h14H,7-9H2,1-6H3. The molecule has 0 aromatic carbocycles. The van der Waals surface area contributed by atoms with E-state index in [1.807, 2.05) is 7.05 Å². The van der Waals surface area contributed by atoms with Crippen LogP contribution in [-0.4, -0.2) is 25.7 Å². The third-order valence-corrected chi connectivity index (χ3v) is 3.57. The van der Waals surface area contributed by atoms with Crippen molar-refractivity contribution in [1.29, 1.82) is 0 Å². The Labute approximate surface area is 98.9 Å². The van der Waals surface area contributed by atoms with E-state index in [4.69, 9.17) is 4.74 Å². The first-order valence-corrected chi connectivity index (χ1v) is 5.94. The van der Waals surface area contributed by atoms with Gasteiger partial charge in [0.2, 0.25) is 0 Å². The highest BCUT2D eigenvalue weighted by atomic mass is 16.5. The molecule has 0 saturated heterocycles. The Kier molecular flexibility index (Phi) is 3.39. The van der Waals surface area contributed by atoms with Gasteiger partial charge < -0.3 is 10.1 Å². The number of hydrogen-bond donors (Lipinski definition) is 1. The van der Waals surface area contributed by atoms with Crippen LogP contribution in [-0.2, 0) is 9.53 Å². The van der Waals surface area contributed by atoms with Crippen LogP contribution in [0.4, 0.5) is 0 Å². The van der Waals surface area contributed by atoms with Crippen LogP contribution in [0.3, 0.4) is 0 Å². The molecule has 94 valence electrons. The summed E-state index contributed by atoms with van der Waals surface area (Å²) < 4.78 is 4.97. The molecule has 0 atom stereocenters. The molecule has 0 aliphatic heterocycles. The monoisotopic (exact) mass is 227 g/mol. The Morgan fingerprint density at radius 1 is 1.06 bits per heavy atom. The highest BCUT2D eigenvalue weighted by molar-refractivity contribution is 5.81. The van der Waals surface area contributed by atoms with Gasteiger partial charge in [0.15, 0.2) is 0 Å². The van der Waals surface area contributed by atoms with Crippen LogP contribution in [0.25, 0.3) is 0 Å². The second-order valence-electron chi connectivity index (χ2n) is 6.68. The van der Waals surface area contributed by atoms with E-state index in [-0.39, 0.29) is 16.8 Å². The molecule has 1 aliphatic rings. The van der Waals surface area contributed by atoms with Crippen LogP contribution >= 0.6 is 0 Å². The van der Waals surface area contributed by atoms with Crippen LogP contribution in [0.5, 0.6) is 0 Å². The molecule has 3 heteroatoms. The van der Waals surface area contributed by atoms with Crippen LogP contribution in [0.2, 0.25) is 0 Å². The van der Waals surface area contributed by atoms with Crippen molar-refractivity contribution in [2.24, 2.45) is 10.8 Å². The molecule has 1 saturated carbocycles. The highest BCUT2D eigenvalue weighted by Crippen LogP contribution is 2.50. The Morgan fingerprint density at radius 3 is 1.81 bits per heavy atom. The maximum Gasteiger partial charge on any atom is 0.326 e. The lowest BCUT2D eigenvalue weighted by molar-refractivity contribution is -0.154. The van der Waals surface area contributed by atoms with Crippen LogP contribution in [0, 0.1) is 10.8 Å². The zero-order valence-corrected chi connectivity index (χ0v) is 11.4. The van der Waals surface area contributed by atoms with E-state index in [1.54, 1.807) is 0 Å². The SMILES string of the molecule is CNC1(C(=O)OC)CC(C)(C)CC(C)(C)C1. The van der Waals surface area contributed by atoms with Gasteiger partial charge in [0.05, 0.1) is 7.11 Å². The molecule has 1 fully saturated rings. The van der Waals surface area contributed by atoms with Gasteiger partial charge in [-0.05, 0) is 37.1 Å². The second-order valence-corrected chi connectivity index (χ2v) is 6.68. The van der Waals surface area contributed by atoms with E-state index in [0.29, 0.717) is 0 Å². The van der Waals surface area contributed by atoms with Crippen molar-refractivity contribution < 1.29 is 9.53 Å². The maximum absolute atomic E-state index is 12.0. The summed E-state index contributed by atoms with van der Waals surface area (Å²) in [6.07, 6.45) is 2.82. The minimum atomic E-state index is -0.514. The molecule has 0 bridgehead atoms. The third kappa shape index (κ3) is 2.57. The van der Waals surface area contributed by atoms with Crippen molar-refractivity contribution in [2.45, 2.75) is 52.5 Å². The second kappa shape index (κ2) is 4.02. The number of hydrogen-bond acceptors (Lipinski definition) is 3. The van der Waals surface area contributed by atoms with Gasteiger partial charge in [0, 0.05) is 0 Å². The molecule has 16 heavy (non-hydrogen) atoms. The number of carbonyl (C=O) groups is 1. The van der Waals surface area contributed by atoms with Crippen LogP contribution in [0.15, 0.2) is 0 Å². The summed E-state index contributed by atoms with van der Waals surface area (Å²) in [7, 11) is 3.32. The van der Waals surface area contributed by atoms with Crippen molar-refractivity contribution in [1.82, 2.24) is 5.32 Å². The van der Waals surface area contributed by atoms with E-state index >= 15 is 0 Å². The lowest BCUT2D eigenvalue weighted by Crippen LogP contribution is -2.59. The largest absolute Gasteiger partial charge is 0.468 e. The first-order chi connectivity index (χ1) is 7.16. The Hall–Kier alpha value is -0.570. The Balaban J connectivity index is 3.06.